The Morgan fingerprint density at radius 3 is 1.33 bits per heavy atom. The van der Waals surface area contributed by atoms with Gasteiger partial charge in [-0.3, -0.25) is 19.2 Å². The molecule has 0 saturated carbocycles. The van der Waals surface area contributed by atoms with Crippen LogP contribution < -0.4 is 20.1 Å². The zero-order valence-corrected chi connectivity index (χ0v) is 34.3. The summed E-state index contributed by atoms with van der Waals surface area (Å²) in [7, 11) is 0. The lowest BCUT2D eigenvalue weighted by molar-refractivity contribution is -0.159. The van der Waals surface area contributed by atoms with Gasteiger partial charge in [0.2, 0.25) is 11.8 Å². The Morgan fingerprint density at radius 1 is 0.621 bits per heavy atom. The number of fused-ring (bicyclic) bond motifs is 4. The highest BCUT2D eigenvalue weighted by molar-refractivity contribution is 8.02. The van der Waals surface area contributed by atoms with Crippen LogP contribution in [-0.2, 0) is 19.2 Å². The highest BCUT2D eigenvalue weighted by Gasteiger charge is 2.65. The van der Waals surface area contributed by atoms with Crippen molar-refractivity contribution in [2.45, 2.75) is 86.0 Å². The Labute approximate surface area is 343 Å². The van der Waals surface area contributed by atoms with Gasteiger partial charge >= 0.3 is 11.9 Å². The van der Waals surface area contributed by atoms with Crippen LogP contribution in [-0.4, -0.2) is 113 Å². The third-order valence-electron chi connectivity index (χ3n) is 10.8. The molecule has 6 atom stereocenters. The fourth-order valence-corrected chi connectivity index (χ4v) is 11.5. The van der Waals surface area contributed by atoms with E-state index in [2.05, 4.69) is 10.6 Å². The molecule has 0 unspecified atom stereocenters. The first-order valence-electron chi connectivity index (χ1n) is 18.9. The first kappa shape index (κ1) is 40.7. The van der Waals surface area contributed by atoms with Gasteiger partial charge in [0.05, 0.1) is 24.3 Å². The van der Waals surface area contributed by atoms with Crippen molar-refractivity contribution in [2.75, 3.05) is 13.2 Å². The molecule has 0 radical (unpaired) electrons. The highest BCUT2D eigenvalue weighted by Crippen LogP contribution is 2.52. The average Bonchev–Trinajstić information content (AvgIpc) is 3.60. The Bertz CT molecular complexity index is 2210. The molecular formula is C42H44N4O10S2. The van der Waals surface area contributed by atoms with Crippen molar-refractivity contribution in [3.05, 3.63) is 83.9 Å². The van der Waals surface area contributed by atoms with Crippen LogP contribution in [0.15, 0.2) is 72.8 Å². The molecule has 4 N–H and O–H groups in total. The van der Waals surface area contributed by atoms with Crippen LogP contribution in [0.25, 0.3) is 21.5 Å². The number of carboxylic acid groups (broad SMARTS) is 2. The number of hydrogen-bond donors (Lipinski definition) is 4. The Kier molecular flexibility index (Phi) is 10.8. The number of ether oxygens (including phenoxy) is 2. The molecule has 0 aliphatic carbocycles. The van der Waals surface area contributed by atoms with Crippen molar-refractivity contribution < 1.29 is 48.5 Å². The summed E-state index contributed by atoms with van der Waals surface area (Å²) in [5, 5.41) is 27.2. The molecule has 16 heteroatoms. The second kappa shape index (κ2) is 15.4. The summed E-state index contributed by atoms with van der Waals surface area (Å²) in [4.78, 5) is 77.8. The summed E-state index contributed by atoms with van der Waals surface area (Å²) in [6.07, 6.45) is 0. The van der Waals surface area contributed by atoms with E-state index in [1.807, 2.05) is 74.5 Å². The van der Waals surface area contributed by atoms with E-state index in [-0.39, 0.29) is 11.8 Å². The summed E-state index contributed by atoms with van der Waals surface area (Å²) in [5.74, 6) is -2.70. The molecule has 8 rings (SSSR count). The van der Waals surface area contributed by atoms with Crippen LogP contribution in [0, 0.1) is 0 Å². The van der Waals surface area contributed by atoms with Crippen LogP contribution in [0.1, 0.15) is 62.3 Å². The zero-order valence-electron chi connectivity index (χ0n) is 32.7. The number of carbonyl (C=O) groups is 6. The van der Waals surface area contributed by atoms with Gasteiger partial charge in [0, 0.05) is 9.49 Å². The maximum atomic E-state index is 13.2. The average molecular weight is 829 g/mol. The maximum Gasteiger partial charge on any atom is 0.327 e. The number of nitrogens with one attached hydrogen (secondary N) is 2. The van der Waals surface area contributed by atoms with E-state index >= 15 is 0 Å². The van der Waals surface area contributed by atoms with E-state index < -0.39 is 68.2 Å². The molecule has 14 nitrogen and oxygen atoms in total. The van der Waals surface area contributed by atoms with Crippen molar-refractivity contribution in [1.29, 1.82) is 0 Å². The van der Waals surface area contributed by atoms with E-state index in [9.17, 15) is 39.0 Å². The Balaban J connectivity index is 0.000000177. The number of carbonyl (C=O) groups excluding carboxylic acids is 4. The van der Waals surface area contributed by atoms with Gasteiger partial charge in [-0.05, 0) is 75.2 Å². The molecule has 58 heavy (non-hydrogen) atoms. The monoisotopic (exact) mass is 828 g/mol. The lowest BCUT2D eigenvalue weighted by Gasteiger charge is -2.43. The van der Waals surface area contributed by atoms with Gasteiger partial charge in [0.1, 0.15) is 46.4 Å². The summed E-state index contributed by atoms with van der Waals surface area (Å²) in [6, 6.07) is 18.9. The van der Waals surface area contributed by atoms with Crippen LogP contribution >= 0.6 is 23.5 Å². The molecule has 0 spiro atoms. The lowest BCUT2D eigenvalue weighted by Crippen LogP contribution is -2.70. The molecule has 4 aliphatic heterocycles. The number of amides is 4. The van der Waals surface area contributed by atoms with Gasteiger partial charge < -0.3 is 40.1 Å². The van der Waals surface area contributed by atoms with Crippen molar-refractivity contribution in [3.63, 3.8) is 0 Å². The summed E-state index contributed by atoms with van der Waals surface area (Å²) in [5.41, 5.74) is 0.765. The first-order chi connectivity index (χ1) is 27.5. The van der Waals surface area contributed by atoms with Gasteiger partial charge in [-0.2, -0.15) is 0 Å². The predicted octanol–water partition coefficient (Wildman–Crippen LogP) is 4.97. The standard InChI is InChI=1S/2C21H22N2O5S/c2*1-4-28-13-10-9-11-7-5-6-8-12(11)14(13)17(24)22-15-18(25)23-16(20(26)27)21(2,3)29-19(15)23/h2*5-10,15-16,19H,4H2,1-3H3,(H,22,24)(H,26,27)/t2*15-,16+,19-/m11/s1. The van der Waals surface area contributed by atoms with Gasteiger partial charge in [-0.1, -0.05) is 60.7 Å². The molecule has 4 aromatic rings. The number of rotatable bonds is 10. The minimum Gasteiger partial charge on any atom is -0.493 e. The van der Waals surface area contributed by atoms with E-state index in [1.54, 1.807) is 39.8 Å². The Morgan fingerprint density at radius 2 is 0.983 bits per heavy atom. The van der Waals surface area contributed by atoms with Crippen molar-refractivity contribution >= 4 is 80.6 Å². The third kappa shape index (κ3) is 6.85. The number of benzene rings is 4. The van der Waals surface area contributed by atoms with E-state index in [0.29, 0.717) is 35.8 Å². The number of thioether (sulfide) groups is 2. The van der Waals surface area contributed by atoms with Gasteiger partial charge in [-0.15, -0.1) is 23.5 Å². The lowest BCUT2D eigenvalue weighted by atomic mass is 9.95. The largest absolute Gasteiger partial charge is 0.493 e. The van der Waals surface area contributed by atoms with Crippen LogP contribution in [0.2, 0.25) is 0 Å². The van der Waals surface area contributed by atoms with Crippen LogP contribution in [0.5, 0.6) is 11.5 Å². The van der Waals surface area contributed by atoms with Crippen molar-refractivity contribution in [1.82, 2.24) is 20.4 Å². The van der Waals surface area contributed by atoms with Crippen LogP contribution in [0.4, 0.5) is 0 Å². The normalized spacial score (nSPS) is 24.7. The number of aliphatic carboxylic acids is 2. The summed E-state index contributed by atoms with van der Waals surface area (Å²) in [6.45, 7) is 11.7. The number of nitrogens with zero attached hydrogens (tertiary/aromatic N) is 2. The van der Waals surface area contributed by atoms with E-state index in [0.717, 1.165) is 21.5 Å². The maximum absolute atomic E-state index is 13.2. The molecule has 0 bridgehead atoms. The van der Waals surface area contributed by atoms with Crippen molar-refractivity contribution in [3.8, 4) is 11.5 Å². The second-order valence-electron chi connectivity index (χ2n) is 15.3. The first-order valence-corrected chi connectivity index (χ1v) is 20.6. The summed E-state index contributed by atoms with van der Waals surface area (Å²) >= 11 is 2.80. The minimum absolute atomic E-state index is 0.368. The SMILES string of the molecule is CCOc1ccc2ccccc2c1C(=O)N[C@@H]1C(=O)N2[C@@H]1SC(C)(C)[C@@H]2C(=O)O.CCOc1ccc2ccccc2c1C(=O)N[C@@H]1C(=O)N2[C@@H]1SC(C)(C)[C@@H]2C(=O)O. The smallest absolute Gasteiger partial charge is 0.327 e. The van der Waals surface area contributed by atoms with E-state index in [4.69, 9.17) is 9.47 Å². The fraction of sp³-hybridized carbons (Fsp3) is 0.381. The molecular weight excluding hydrogens is 785 g/mol. The number of hydrogen-bond acceptors (Lipinski definition) is 10. The molecule has 4 heterocycles. The van der Waals surface area contributed by atoms with E-state index in [1.165, 1.54) is 33.3 Å². The van der Waals surface area contributed by atoms with Crippen LogP contribution in [0.3, 0.4) is 0 Å². The minimum atomic E-state index is -1.03. The number of β-lactam (4-membered cyclic amide) rings is 2. The topological polar surface area (TPSA) is 192 Å². The van der Waals surface area contributed by atoms with Gasteiger partial charge in [0.25, 0.3) is 11.8 Å². The zero-order chi connectivity index (χ0) is 41.8. The molecule has 304 valence electrons. The van der Waals surface area contributed by atoms with Crippen molar-refractivity contribution in [2.24, 2.45) is 0 Å². The molecule has 4 saturated heterocycles. The Hall–Kier alpha value is -5.48. The third-order valence-corrected chi connectivity index (χ3v) is 13.9. The second-order valence-corrected chi connectivity index (χ2v) is 18.8. The predicted molar refractivity (Wildman–Crippen MR) is 220 cm³/mol. The molecule has 4 fully saturated rings. The fourth-order valence-electron chi connectivity index (χ4n) is 8.24. The van der Waals surface area contributed by atoms with Gasteiger partial charge in [0.15, 0.2) is 0 Å². The molecule has 4 aromatic carbocycles. The quantitative estimate of drug-likeness (QED) is 0.157. The summed E-state index contributed by atoms with van der Waals surface area (Å²) < 4.78 is 10.0. The molecule has 4 aliphatic rings. The van der Waals surface area contributed by atoms with Gasteiger partial charge in [-0.25, -0.2) is 9.59 Å². The molecule has 0 aromatic heterocycles. The number of carboxylic acids is 2. The molecule has 4 amide bonds. The highest BCUT2D eigenvalue weighted by atomic mass is 32.2.